The third kappa shape index (κ3) is 4.20. The Labute approximate surface area is 159 Å². The Morgan fingerprint density at radius 2 is 1.65 bits per heavy atom. The molecule has 0 aliphatic carbocycles. The van der Waals surface area contributed by atoms with E-state index < -0.39 is 0 Å². The Kier molecular flexibility index (Phi) is 6.55. The summed E-state index contributed by atoms with van der Waals surface area (Å²) in [7, 11) is 0. The molecule has 1 nitrogen and oxygen atoms in total. The first-order valence-corrected chi connectivity index (χ1v) is 10.5. The van der Waals surface area contributed by atoms with Crippen molar-refractivity contribution in [1.82, 2.24) is 4.57 Å². The first kappa shape index (κ1) is 18.8. The number of rotatable bonds is 9. The molecule has 3 rings (SSSR count). The Morgan fingerprint density at radius 1 is 0.846 bits per heavy atom. The van der Waals surface area contributed by atoms with Gasteiger partial charge in [0.15, 0.2) is 0 Å². The average molecular weight is 348 g/mol. The van der Waals surface area contributed by atoms with Crippen molar-refractivity contribution in [2.75, 3.05) is 0 Å². The molecule has 26 heavy (non-hydrogen) atoms. The zero-order valence-corrected chi connectivity index (χ0v) is 16.7. The summed E-state index contributed by atoms with van der Waals surface area (Å²) < 4.78 is 2.31. The lowest BCUT2D eigenvalue weighted by atomic mass is 9.90. The highest BCUT2D eigenvalue weighted by molar-refractivity contribution is 5.82. The van der Waals surface area contributed by atoms with E-state index in [1.165, 1.54) is 66.2 Å². The van der Waals surface area contributed by atoms with Crippen molar-refractivity contribution in [3.63, 3.8) is 0 Å². The smallest absolute Gasteiger partial charge is 0.0528 e. The van der Waals surface area contributed by atoms with Gasteiger partial charge in [-0.3, -0.25) is 0 Å². The van der Waals surface area contributed by atoms with Gasteiger partial charge in [-0.2, -0.15) is 0 Å². The lowest BCUT2D eigenvalue weighted by molar-refractivity contribution is 0.543. The molecule has 1 heterocycles. The van der Waals surface area contributed by atoms with Crippen molar-refractivity contribution in [3.05, 3.63) is 65.9 Å². The van der Waals surface area contributed by atoms with Gasteiger partial charge in [0.2, 0.25) is 0 Å². The highest BCUT2D eigenvalue weighted by Gasteiger charge is 2.11. The number of nitrogens with zero attached hydrogens (tertiary/aromatic N) is 1. The molecule has 0 aliphatic heterocycles. The predicted molar refractivity (Wildman–Crippen MR) is 114 cm³/mol. The molecule has 0 radical (unpaired) electrons. The summed E-state index contributed by atoms with van der Waals surface area (Å²) in [5, 5.41) is 1.36. The van der Waals surface area contributed by atoms with E-state index in [1.54, 1.807) is 0 Å². The highest BCUT2D eigenvalue weighted by atomic mass is 15.0. The van der Waals surface area contributed by atoms with Gasteiger partial charge in [0.05, 0.1) is 5.52 Å². The van der Waals surface area contributed by atoms with Crippen LogP contribution in [0.3, 0.4) is 0 Å². The van der Waals surface area contributed by atoms with E-state index >= 15 is 0 Å². The van der Waals surface area contributed by atoms with Crippen LogP contribution in [0.2, 0.25) is 0 Å². The molecule has 1 unspecified atom stereocenters. The van der Waals surface area contributed by atoms with Crippen LogP contribution in [0.25, 0.3) is 16.6 Å². The fraction of sp³-hybridized carbons (Fsp3) is 0.440. The van der Waals surface area contributed by atoms with Gasteiger partial charge in [-0.1, -0.05) is 64.7 Å². The minimum Gasteiger partial charge on any atom is -0.317 e. The summed E-state index contributed by atoms with van der Waals surface area (Å²) in [4.78, 5) is 0. The number of hydrogen-bond acceptors (Lipinski definition) is 0. The molecule has 0 bridgehead atoms. The monoisotopic (exact) mass is 347 g/mol. The van der Waals surface area contributed by atoms with Crippen LogP contribution in [0, 0.1) is 0 Å². The van der Waals surface area contributed by atoms with Crippen molar-refractivity contribution in [1.29, 1.82) is 0 Å². The van der Waals surface area contributed by atoms with Gasteiger partial charge in [-0.05, 0) is 66.6 Å². The summed E-state index contributed by atoms with van der Waals surface area (Å²) in [6.07, 6.45) is 11.3. The van der Waals surface area contributed by atoms with Crippen molar-refractivity contribution in [2.24, 2.45) is 0 Å². The number of benzene rings is 2. The van der Waals surface area contributed by atoms with Gasteiger partial charge in [-0.25, -0.2) is 0 Å². The van der Waals surface area contributed by atoms with E-state index in [0.717, 1.165) is 6.42 Å². The third-order valence-corrected chi connectivity index (χ3v) is 5.71. The minimum atomic E-state index is 0.698. The van der Waals surface area contributed by atoms with E-state index in [1.807, 2.05) is 0 Å². The molecule has 0 fully saturated rings. The van der Waals surface area contributed by atoms with Crippen LogP contribution in [0.5, 0.6) is 0 Å². The topological polar surface area (TPSA) is 4.93 Å². The molecule has 0 amide bonds. The normalized spacial score (nSPS) is 12.6. The molecule has 1 atom stereocenters. The fourth-order valence-corrected chi connectivity index (χ4v) is 3.96. The summed E-state index contributed by atoms with van der Waals surface area (Å²) in [5.74, 6) is 0.698. The number of aryl methyl sites for hydroxylation is 1. The van der Waals surface area contributed by atoms with Crippen LogP contribution in [0.15, 0.2) is 54.7 Å². The molecule has 1 aromatic heterocycles. The second kappa shape index (κ2) is 9.07. The van der Waals surface area contributed by atoms with Gasteiger partial charge in [0.25, 0.3) is 0 Å². The lowest BCUT2D eigenvalue weighted by Gasteiger charge is -2.16. The summed E-state index contributed by atoms with van der Waals surface area (Å²) in [6.45, 7) is 6.81. The van der Waals surface area contributed by atoms with Crippen molar-refractivity contribution in [2.45, 2.75) is 71.6 Å². The SMILES string of the molecule is CCCCCCC(CC)c1ccc2c(ccn2-c2ccc(CC)cc2)c1. The van der Waals surface area contributed by atoms with E-state index in [9.17, 15) is 0 Å². The first-order chi connectivity index (χ1) is 12.8. The van der Waals surface area contributed by atoms with Crippen LogP contribution in [-0.2, 0) is 6.42 Å². The Morgan fingerprint density at radius 3 is 2.35 bits per heavy atom. The average Bonchev–Trinajstić information content (AvgIpc) is 3.11. The van der Waals surface area contributed by atoms with E-state index in [2.05, 4.69) is 80.1 Å². The van der Waals surface area contributed by atoms with Gasteiger partial charge in [0.1, 0.15) is 0 Å². The molecule has 1 heteroatoms. The number of hydrogen-bond donors (Lipinski definition) is 0. The lowest BCUT2D eigenvalue weighted by Crippen LogP contribution is -1.98. The third-order valence-electron chi connectivity index (χ3n) is 5.71. The quantitative estimate of drug-likeness (QED) is 0.350. The van der Waals surface area contributed by atoms with Crippen LogP contribution in [0.4, 0.5) is 0 Å². The van der Waals surface area contributed by atoms with Gasteiger partial charge in [0, 0.05) is 17.3 Å². The summed E-state index contributed by atoms with van der Waals surface area (Å²) in [5.41, 5.74) is 5.45. The van der Waals surface area contributed by atoms with Crippen LogP contribution in [0.1, 0.15) is 76.3 Å². The van der Waals surface area contributed by atoms with Gasteiger partial charge in [-0.15, -0.1) is 0 Å². The second-order valence-corrected chi connectivity index (χ2v) is 7.48. The zero-order chi connectivity index (χ0) is 18.4. The molecule has 0 aliphatic rings. The number of aromatic nitrogens is 1. The minimum absolute atomic E-state index is 0.698. The molecular weight excluding hydrogens is 314 g/mol. The maximum atomic E-state index is 2.42. The maximum absolute atomic E-state index is 2.42. The zero-order valence-electron chi connectivity index (χ0n) is 16.7. The van der Waals surface area contributed by atoms with Gasteiger partial charge >= 0.3 is 0 Å². The maximum Gasteiger partial charge on any atom is 0.0528 e. The van der Waals surface area contributed by atoms with E-state index in [0.29, 0.717) is 5.92 Å². The number of fused-ring (bicyclic) bond motifs is 1. The van der Waals surface area contributed by atoms with E-state index in [-0.39, 0.29) is 0 Å². The molecule has 138 valence electrons. The van der Waals surface area contributed by atoms with Crippen LogP contribution >= 0.6 is 0 Å². The predicted octanol–water partition coefficient (Wildman–Crippen LogP) is 7.66. The fourth-order valence-electron chi connectivity index (χ4n) is 3.96. The Balaban J connectivity index is 1.81. The van der Waals surface area contributed by atoms with Gasteiger partial charge < -0.3 is 4.57 Å². The Hall–Kier alpha value is -2.02. The van der Waals surface area contributed by atoms with Crippen molar-refractivity contribution >= 4 is 10.9 Å². The van der Waals surface area contributed by atoms with E-state index in [4.69, 9.17) is 0 Å². The molecule has 0 saturated heterocycles. The van der Waals surface area contributed by atoms with Crippen molar-refractivity contribution < 1.29 is 0 Å². The first-order valence-electron chi connectivity index (χ1n) is 10.5. The molecule has 2 aromatic carbocycles. The Bertz CT molecular complexity index is 810. The summed E-state index contributed by atoms with van der Waals surface area (Å²) >= 11 is 0. The molecule has 0 N–H and O–H groups in total. The number of unbranched alkanes of at least 4 members (excludes halogenated alkanes) is 3. The second-order valence-electron chi connectivity index (χ2n) is 7.48. The molecule has 3 aromatic rings. The van der Waals surface area contributed by atoms with Crippen LogP contribution in [-0.4, -0.2) is 4.57 Å². The largest absolute Gasteiger partial charge is 0.317 e. The van der Waals surface area contributed by atoms with Crippen molar-refractivity contribution in [3.8, 4) is 5.69 Å². The molecular formula is C25H33N. The summed E-state index contributed by atoms with van der Waals surface area (Å²) in [6, 6.07) is 18.3. The standard InChI is InChI=1S/C25H33N/c1-4-7-8-9-10-21(6-3)22-13-16-25-23(19-22)17-18-26(25)24-14-11-20(5-2)12-15-24/h11-19,21H,4-10H2,1-3H3. The van der Waals surface area contributed by atoms with Crippen LogP contribution < -0.4 is 0 Å². The molecule has 0 saturated carbocycles. The molecule has 0 spiro atoms. The highest BCUT2D eigenvalue weighted by Crippen LogP contribution is 2.30.